The number of hydrogen-bond acceptors (Lipinski definition) is 3. The van der Waals surface area contributed by atoms with Gasteiger partial charge in [-0.2, -0.15) is 0 Å². The van der Waals surface area contributed by atoms with Crippen molar-refractivity contribution in [2.24, 2.45) is 0 Å². The third kappa shape index (κ3) is 7.11. The molecule has 0 unspecified atom stereocenters. The van der Waals surface area contributed by atoms with Gasteiger partial charge in [-0.1, -0.05) is 64.1 Å². The summed E-state index contributed by atoms with van der Waals surface area (Å²) in [6.07, 6.45) is 1.37. The fourth-order valence-electron chi connectivity index (χ4n) is 3.51. The molecule has 0 aliphatic rings. The minimum absolute atomic E-state index is 0.0580. The van der Waals surface area contributed by atoms with Gasteiger partial charge in [0.25, 0.3) is 5.91 Å². The Morgan fingerprint density at radius 1 is 0.969 bits per heavy atom. The molecule has 174 valence electrons. The van der Waals surface area contributed by atoms with E-state index in [1.54, 1.807) is 4.90 Å². The number of carbonyl (C=O) groups is 2. The lowest BCUT2D eigenvalue weighted by atomic mass is 10.0. The minimum atomic E-state index is -0.553. The lowest BCUT2D eigenvalue weighted by molar-refractivity contribution is -0.143. The Morgan fingerprint density at radius 3 is 2.19 bits per heavy atom. The highest BCUT2D eigenvalue weighted by molar-refractivity contribution is 5.88. The van der Waals surface area contributed by atoms with Gasteiger partial charge in [-0.3, -0.25) is 9.59 Å². The van der Waals surface area contributed by atoms with Gasteiger partial charge >= 0.3 is 0 Å². The van der Waals surface area contributed by atoms with Crippen LogP contribution >= 0.6 is 0 Å². The van der Waals surface area contributed by atoms with Crippen LogP contribution in [-0.4, -0.2) is 35.4 Å². The minimum Gasteiger partial charge on any atom is -0.484 e. The number of benzene rings is 2. The Kier molecular flexibility index (Phi) is 9.76. The van der Waals surface area contributed by atoms with Crippen LogP contribution in [0.4, 0.5) is 0 Å². The average Bonchev–Trinajstić information content (AvgIpc) is 2.78. The standard InChI is InChI=1S/C27H38N2O3/c1-7-21(6)28-27(31)25(8-2)29(17-23-12-10-9-11-20(23)5)26(30)18-32-24-15-13-22(14-16-24)19(3)4/h9-16,19,21,25H,7-8,17-18H2,1-6H3,(H,28,31)/t21-,25+/m1/s1. The molecule has 0 aromatic heterocycles. The molecular weight excluding hydrogens is 400 g/mol. The Hall–Kier alpha value is -2.82. The molecule has 5 nitrogen and oxygen atoms in total. The summed E-state index contributed by atoms with van der Waals surface area (Å²) in [5.41, 5.74) is 3.34. The Morgan fingerprint density at radius 2 is 1.62 bits per heavy atom. The van der Waals surface area contributed by atoms with Crippen molar-refractivity contribution in [2.75, 3.05) is 6.61 Å². The van der Waals surface area contributed by atoms with Crippen molar-refractivity contribution in [3.63, 3.8) is 0 Å². The first-order valence-corrected chi connectivity index (χ1v) is 11.6. The zero-order valence-corrected chi connectivity index (χ0v) is 20.4. The van der Waals surface area contributed by atoms with Gasteiger partial charge in [-0.15, -0.1) is 0 Å². The molecule has 0 radical (unpaired) electrons. The predicted octanol–water partition coefficient (Wildman–Crippen LogP) is 5.22. The zero-order chi connectivity index (χ0) is 23.7. The summed E-state index contributed by atoms with van der Waals surface area (Å²) in [6.45, 7) is 12.5. The summed E-state index contributed by atoms with van der Waals surface area (Å²) in [5, 5.41) is 3.03. The summed E-state index contributed by atoms with van der Waals surface area (Å²) < 4.78 is 5.81. The van der Waals surface area contributed by atoms with E-state index in [4.69, 9.17) is 4.74 Å². The third-order valence-corrected chi connectivity index (χ3v) is 5.90. The number of amides is 2. The second kappa shape index (κ2) is 12.3. The Labute approximate surface area is 193 Å². The van der Waals surface area contributed by atoms with Crippen molar-refractivity contribution < 1.29 is 14.3 Å². The van der Waals surface area contributed by atoms with E-state index in [2.05, 4.69) is 19.2 Å². The first-order valence-electron chi connectivity index (χ1n) is 11.6. The van der Waals surface area contributed by atoms with Crippen molar-refractivity contribution in [1.29, 1.82) is 0 Å². The van der Waals surface area contributed by atoms with Gasteiger partial charge in [0.05, 0.1) is 0 Å². The van der Waals surface area contributed by atoms with E-state index in [0.717, 1.165) is 17.5 Å². The van der Waals surface area contributed by atoms with Crippen molar-refractivity contribution in [3.05, 3.63) is 65.2 Å². The van der Waals surface area contributed by atoms with E-state index >= 15 is 0 Å². The highest BCUT2D eigenvalue weighted by atomic mass is 16.5. The molecule has 0 bridgehead atoms. The highest BCUT2D eigenvalue weighted by Gasteiger charge is 2.29. The molecule has 32 heavy (non-hydrogen) atoms. The Balaban J connectivity index is 2.20. The monoisotopic (exact) mass is 438 g/mol. The Bertz CT molecular complexity index is 877. The van der Waals surface area contributed by atoms with E-state index in [0.29, 0.717) is 24.6 Å². The molecule has 2 aromatic rings. The largest absolute Gasteiger partial charge is 0.484 e. The molecule has 2 amide bonds. The lowest BCUT2D eigenvalue weighted by Crippen LogP contribution is -2.51. The van der Waals surface area contributed by atoms with Gasteiger partial charge in [-0.05, 0) is 61.4 Å². The summed E-state index contributed by atoms with van der Waals surface area (Å²) in [6, 6.07) is 15.3. The van der Waals surface area contributed by atoms with Crippen LogP contribution in [0.2, 0.25) is 0 Å². The first kappa shape index (κ1) is 25.4. The van der Waals surface area contributed by atoms with Gasteiger partial charge in [0.1, 0.15) is 11.8 Å². The van der Waals surface area contributed by atoms with Crippen molar-refractivity contribution >= 4 is 11.8 Å². The topological polar surface area (TPSA) is 58.6 Å². The lowest BCUT2D eigenvalue weighted by Gasteiger charge is -2.31. The summed E-state index contributed by atoms with van der Waals surface area (Å²) in [4.78, 5) is 27.9. The van der Waals surface area contributed by atoms with Crippen LogP contribution < -0.4 is 10.1 Å². The molecule has 0 heterocycles. The maximum Gasteiger partial charge on any atom is 0.261 e. The number of carbonyl (C=O) groups excluding carboxylic acids is 2. The second-order valence-electron chi connectivity index (χ2n) is 8.70. The summed E-state index contributed by atoms with van der Waals surface area (Å²) in [5.74, 6) is 0.762. The zero-order valence-electron chi connectivity index (χ0n) is 20.4. The van der Waals surface area contributed by atoms with E-state index in [-0.39, 0.29) is 24.5 Å². The van der Waals surface area contributed by atoms with Gasteiger partial charge in [0.15, 0.2) is 6.61 Å². The number of rotatable bonds is 11. The van der Waals surface area contributed by atoms with Crippen LogP contribution in [0.25, 0.3) is 0 Å². The smallest absolute Gasteiger partial charge is 0.261 e. The SMILES string of the molecule is CC[C@@H](C)NC(=O)[C@H](CC)N(Cc1ccccc1C)C(=O)COc1ccc(C(C)C)cc1. The third-order valence-electron chi connectivity index (χ3n) is 5.90. The van der Waals surface area contributed by atoms with E-state index in [1.807, 2.05) is 76.2 Å². The molecule has 0 aliphatic heterocycles. The van der Waals surface area contributed by atoms with Crippen molar-refractivity contribution in [2.45, 2.75) is 78.9 Å². The molecule has 5 heteroatoms. The summed E-state index contributed by atoms with van der Waals surface area (Å²) in [7, 11) is 0. The molecule has 1 N–H and O–H groups in total. The molecule has 0 aliphatic carbocycles. The maximum absolute atomic E-state index is 13.3. The van der Waals surface area contributed by atoms with Gasteiger partial charge in [0, 0.05) is 12.6 Å². The fraction of sp³-hybridized carbons (Fsp3) is 0.481. The van der Waals surface area contributed by atoms with E-state index < -0.39 is 6.04 Å². The average molecular weight is 439 g/mol. The van der Waals surface area contributed by atoms with Gasteiger partial charge in [0.2, 0.25) is 5.91 Å². The van der Waals surface area contributed by atoms with Crippen molar-refractivity contribution in [1.82, 2.24) is 10.2 Å². The number of ether oxygens (including phenoxy) is 1. The molecular formula is C27H38N2O3. The van der Waals surface area contributed by atoms with Gasteiger partial charge < -0.3 is 15.0 Å². The van der Waals surface area contributed by atoms with Gasteiger partial charge in [-0.25, -0.2) is 0 Å². The van der Waals surface area contributed by atoms with Crippen LogP contribution in [0.3, 0.4) is 0 Å². The molecule has 0 saturated heterocycles. The molecule has 2 atom stereocenters. The highest BCUT2D eigenvalue weighted by Crippen LogP contribution is 2.20. The van der Waals surface area contributed by atoms with Crippen LogP contribution in [0.5, 0.6) is 5.75 Å². The number of hydrogen-bond donors (Lipinski definition) is 1. The van der Waals surface area contributed by atoms with Crippen LogP contribution in [0, 0.1) is 6.92 Å². The van der Waals surface area contributed by atoms with Crippen LogP contribution in [0.1, 0.15) is 70.1 Å². The van der Waals surface area contributed by atoms with E-state index in [9.17, 15) is 9.59 Å². The predicted molar refractivity (Wildman–Crippen MR) is 130 cm³/mol. The normalized spacial score (nSPS) is 12.8. The van der Waals surface area contributed by atoms with Crippen LogP contribution in [-0.2, 0) is 16.1 Å². The number of nitrogens with zero attached hydrogens (tertiary/aromatic N) is 1. The molecule has 2 aromatic carbocycles. The summed E-state index contributed by atoms with van der Waals surface area (Å²) >= 11 is 0. The quantitative estimate of drug-likeness (QED) is 0.523. The van der Waals surface area contributed by atoms with Crippen molar-refractivity contribution in [3.8, 4) is 5.75 Å². The maximum atomic E-state index is 13.3. The fourth-order valence-corrected chi connectivity index (χ4v) is 3.51. The molecule has 0 saturated carbocycles. The molecule has 0 spiro atoms. The number of nitrogens with one attached hydrogen (secondary N) is 1. The second-order valence-corrected chi connectivity index (χ2v) is 8.70. The molecule has 0 fully saturated rings. The molecule has 2 rings (SSSR count). The number of aryl methyl sites for hydroxylation is 1. The first-order chi connectivity index (χ1) is 15.3. The van der Waals surface area contributed by atoms with E-state index in [1.165, 1.54) is 5.56 Å². The van der Waals surface area contributed by atoms with Crippen LogP contribution in [0.15, 0.2) is 48.5 Å².